The monoisotopic (exact) mass is 477 g/mol. The molecule has 0 N–H and O–H groups in total. The zero-order valence-corrected chi connectivity index (χ0v) is 21.5. The van der Waals surface area contributed by atoms with Crippen molar-refractivity contribution in [3.05, 3.63) is 113 Å². The van der Waals surface area contributed by atoms with E-state index >= 15 is 0 Å². The largest absolute Gasteiger partial charge is 0.455 e. The van der Waals surface area contributed by atoms with Crippen molar-refractivity contribution >= 4 is 43.7 Å². The number of benzene rings is 5. The lowest BCUT2D eigenvalue weighted by atomic mass is 9.73. The number of hydrogen-bond donors (Lipinski definition) is 0. The van der Waals surface area contributed by atoms with Gasteiger partial charge in [0, 0.05) is 32.5 Å². The van der Waals surface area contributed by atoms with Crippen LogP contribution in [-0.2, 0) is 5.41 Å². The summed E-state index contributed by atoms with van der Waals surface area (Å²) in [5.74, 6) is 0. The molecule has 1 aliphatic rings. The number of nitrogens with zero attached hydrogens (tertiary/aromatic N) is 1. The molecule has 0 saturated carbocycles. The maximum atomic E-state index is 6.40. The van der Waals surface area contributed by atoms with Crippen LogP contribution in [0.25, 0.3) is 60.6 Å². The minimum Gasteiger partial charge on any atom is -0.455 e. The summed E-state index contributed by atoms with van der Waals surface area (Å²) in [7, 11) is 0. The molecule has 0 bridgehead atoms. The number of rotatable bonds is 1. The zero-order valence-electron chi connectivity index (χ0n) is 21.5. The van der Waals surface area contributed by atoms with Crippen molar-refractivity contribution in [2.24, 2.45) is 0 Å². The third kappa shape index (κ3) is 2.65. The van der Waals surface area contributed by atoms with Gasteiger partial charge in [0.05, 0.1) is 16.7 Å². The van der Waals surface area contributed by atoms with Gasteiger partial charge in [0.1, 0.15) is 11.2 Å². The van der Waals surface area contributed by atoms with Crippen LogP contribution in [0.4, 0.5) is 0 Å². The van der Waals surface area contributed by atoms with Crippen LogP contribution >= 0.6 is 0 Å². The van der Waals surface area contributed by atoms with E-state index in [4.69, 9.17) is 4.42 Å². The molecular formula is C35H27NO. The standard InChI is InChI=1S/C35H27NO/c1-20-12-14-30-26(16-20)27-17-21(2)18-29-33(27)36(30)31-15-13-22(19-28(31)35(29,3)4)23-9-7-10-25-24-8-5-6-11-32(24)37-34(23)25/h5-19H,1-4H3. The molecule has 0 unspecified atom stereocenters. The van der Waals surface area contributed by atoms with Crippen molar-refractivity contribution in [3.8, 4) is 16.8 Å². The summed E-state index contributed by atoms with van der Waals surface area (Å²) in [5, 5.41) is 5.02. The molecule has 178 valence electrons. The van der Waals surface area contributed by atoms with Gasteiger partial charge in [-0.15, -0.1) is 0 Å². The summed E-state index contributed by atoms with van der Waals surface area (Å²) in [6.45, 7) is 9.15. The molecule has 0 atom stereocenters. The molecule has 1 aliphatic heterocycles. The Morgan fingerprint density at radius 2 is 1.46 bits per heavy atom. The second-order valence-corrected chi connectivity index (χ2v) is 11.2. The van der Waals surface area contributed by atoms with Gasteiger partial charge in [-0.3, -0.25) is 0 Å². The quantitative estimate of drug-likeness (QED) is 0.230. The van der Waals surface area contributed by atoms with E-state index in [1.165, 1.54) is 66.1 Å². The highest BCUT2D eigenvalue weighted by Crippen LogP contribution is 2.49. The topological polar surface area (TPSA) is 18.1 Å². The maximum absolute atomic E-state index is 6.40. The van der Waals surface area contributed by atoms with Gasteiger partial charge in [0.25, 0.3) is 0 Å². The Hall–Kier alpha value is -4.30. The summed E-state index contributed by atoms with van der Waals surface area (Å²) in [6.07, 6.45) is 0. The molecule has 37 heavy (non-hydrogen) atoms. The molecule has 0 spiro atoms. The van der Waals surface area contributed by atoms with E-state index in [1.807, 2.05) is 6.07 Å². The smallest absolute Gasteiger partial charge is 0.143 e. The molecular weight excluding hydrogens is 450 g/mol. The molecule has 0 aliphatic carbocycles. The van der Waals surface area contributed by atoms with Gasteiger partial charge < -0.3 is 8.98 Å². The average Bonchev–Trinajstić information content (AvgIpc) is 3.43. The van der Waals surface area contributed by atoms with Crippen molar-refractivity contribution in [1.29, 1.82) is 0 Å². The van der Waals surface area contributed by atoms with E-state index < -0.39 is 0 Å². The summed E-state index contributed by atoms with van der Waals surface area (Å²) in [5.41, 5.74) is 13.3. The van der Waals surface area contributed by atoms with Gasteiger partial charge >= 0.3 is 0 Å². The number of aryl methyl sites for hydroxylation is 2. The second kappa shape index (κ2) is 6.92. The van der Waals surface area contributed by atoms with Crippen LogP contribution < -0.4 is 0 Å². The van der Waals surface area contributed by atoms with E-state index in [0.29, 0.717) is 0 Å². The molecule has 0 amide bonds. The molecule has 0 saturated heterocycles. The minimum absolute atomic E-state index is 0.142. The Kier molecular flexibility index (Phi) is 3.90. The van der Waals surface area contributed by atoms with Gasteiger partial charge in [-0.1, -0.05) is 79.6 Å². The first-order chi connectivity index (χ1) is 17.9. The SMILES string of the molecule is Cc1ccc2c(c1)c1cc(C)cc3c1n2-c1ccc(-c2cccc4c2oc2ccccc24)cc1C3(C)C. The molecule has 2 heteroatoms. The van der Waals surface area contributed by atoms with Crippen LogP contribution in [0.2, 0.25) is 0 Å². The Morgan fingerprint density at radius 1 is 0.649 bits per heavy atom. The lowest BCUT2D eigenvalue weighted by Crippen LogP contribution is -2.26. The van der Waals surface area contributed by atoms with Gasteiger partial charge in [-0.2, -0.15) is 0 Å². The van der Waals surface area contributed by atoms with Gasteiger partial charge in [-0.25, -0.2) is 0 Å². The number of hydrogen-bond acceptors (Lipinski definition) is 1. The highest BCUT2D eigenvalue weighted by atomic mass is 16.3. The van der Waals surface area contributed by atoms with Crippen molar-refractivity contribution in [3.63, 3.8) is 0 Å². The predicted molar refractivity (Wildman–Crippen MR) is 155 cm³/mol. The number of furan rings is 1. The molecule has 5 aromatic carbocycles. The minimum atomic E-state index is -0.142. The Labute approximate surface area is 215 Å². The van der Waals surface area contributed by atoms with Crippen LogP contribution in [0.1, 0.15) is 36.1 Å². The zero-order chi connectivity index (χ0) is 25.1. The van der Waals surface area contributed by atoms with Crippen LogP contribution in [0.3, 0.4) is 0 Å². The lowest BCUT2D eigenvalue weighted by Gasteiger charge is -2.35. The molecule has 0 radical (unpaired) electrons. The van der Waals surface area contributed by atoms with E-state index in [2.05, 4.69) is 117 Å². The third-order valence-electron chi connectivity index (χ3n) is 8.46. The second-order valence-electron chi connectivity index (χ2n) is 11.2. The van der Waals surface area contributed by atoms with Gasteiger partial charge in [0.2, 0.25) is 0 Å². The normalized spacial score (nSPS) is 14.2. The van der Waals surface area contributed by atoms with Gasteiger partial charge in [0.15, 0.2) is 0 Å². The number of para-hydroxylation sites is 2. The van der Waals surface area contributed by atoms with Crippen molar-refractivity contribution in [1.82, 2.24) is 4.57 Å². The summed E-state index contributed by atoms with van der Waals surface area (Å²) in [4.78, 5) is 0. The first kappa shape index (κ1) is 20.8. The van der Waals surface area contributed by atoms with Crippen LogP contribution in [0.5, 0.6) is 0 Å². The summed E-state index contributed by atoms with van der Waals surface area (Å²) < 4.78 is 8.89. The maximum Gasteiger partial charge on any atom is 0.143 e. The lowest BCUT2D eigenvalue weighted by molar-refractivity contribution is 0.630. The predicted octanol–water partition coefficient (Wildman–Crippen LogP) is 9.61. The highest BCUT2D eigenvalue weighted by molar-refractivity contribution is 6.12. The van der Waals surface area contributed by atoms with Crippen LogP contribution in [0, 0.1) is 13.8 Å². The van der Waals surface area contributed by atoms with E-state index in [0.717, 1.165) is 16.7 Å². The Bertz CT molecular complexity index is 2080. The fraction of sp³-hybridized carbons (Fsp3) is 0.143. The molecule has 7 aromatic rings. The molecule has 8 rings (SSSR count). The van der Waals surface area contributed by atoms with E-state index in [9.17, 15) is 0 Å². The highest BCUT2D eigenvalue weighted by Gasteiger charge is 2.35. The molecule has 3 heterocycles. The van der Waals surface area contributed by atoms with Crippen molar-refractivity contribution in [2.75, 3.05) is 0 Å². The average molecular weight is 478 g/mol. The number of fused-ring (bicyclic) bond motifs is 8. The summed E-state index contributed by atoms with van der Waals surface area (Å²) >= 11 is 0. The summed E-state index contributed by atoms with van der Waals surface area (Å²) in [6, 6.07) is 33.4. The first-order valence-electron chi connectivity index (χ1n) is 13.0. The molecule has 2 nitrogen and oxygen atoms in total. The molecule has 2 aromatic heterocycles. The van der Waals surface area contributed by atoms with E-state index in [1.54, 1.807) is 0 Å². The number of aromatic nitrogens is 1. The fourth-order valence-electron chi connectivity index (χ4n) is 6.65. The van der Waals surface area contributed by atoms with Crippen molar-refractivity contribution < 1.29 is 4.42 Å². The fourth-order valence-corrected chi connectivity index (χ4v) is 6.65. The molecule has 0 fully saturated rings. The first-order valence-corrected chi connectivity index (χ1v) is 13.0. The van der Waals surface area contributed by atoms with Crippen LogP contribution in [-0.4, -0.2) is 4.57 Å². The van der Waals surface area contributed by atoms with Gasteiger partial charge in [-0.05, 0) is 66.9 Å². The Morgan fingerprint density at radius 3 is 2.35 bits per heavy atom. The van der Waals surface area contributed by atoms with E-state index in [-0.39, 0.29) is 5.41 Å². The van der Waals surface area contributed by atoms with Crippen LogP contribution in [0.15, 0.2) is 95.4 Å². The van der Waals surface area contributed by atoms with Crippen molar-refractivity contribution in [2.45, 2.75) is 33.1 Å². The Balaban J connectivity index is 1.46. The third-order valence-corrected chi connectivity index (χ3v) is 8.46.